The van der Waals surface area contributed by atoms with E-state index in [2.05, 4.69) is 35.5 Å². The van der Waals surface area contributed by atoms with Gasteiger partial charge in [-0.2, -0.15) is 4.31 Å². The van der Waals surface area contributed by atoms with Gasteiger partial charge < -0.3 is 24.7 Å². The molecule has 2 atom stereocenters. The number of hydrogen-bond donors (Lipinski definition) is 4. The second-order valence-corrected chi connectivity index (χ2v) is 12.2. The van der Waals surface area contributed by atoms with Gasteiger partial charge in [0.25, 0.3) is 10.0 Å². The summed E-state index contributed by atoms with van der Waals surface area (Å²) in [5.74, 6) is 0.566. The van der Waals surface area contributed by atoms with Gasteiger partial charge in [-0.1, -0.05) is 41.2 Å². The van der Waals surface area contributed by atoms with Crippen LogP contribution in [0.5, 0.6) is 5.75 Å². The summed E-state index contributed by atoms with van der Waals surface area (Å²) in [7, 11) is -3.89. The summed E-state index contributed by atoms with van der Waals surface area (Å²) in [6.07, 6.45) is 2.36. The van der Waals surface area contributed by atoms with Crippen molar-refractivity contribution in [3.63, 3.8) is 0 Å². The van der Waals surface area contributed by atoms with Gasteiger partial charge in [0, 0.05) is 18.0 Å². The fraction of sp³-hybridized carbons (Fsp3) is 0.500. The maximum absolute atomic E-state index is 13.0. The lowest BCUT2D eigenvalue weighted by molar-refractivity contribution is 0.428. The average Bonchev–Trinajstić information content (AvgIpc) is 3.38. The number of rotatable bonds is 12. The largest absolute Gasteiger partial charge is 0.572 e. The third-order valence-corrected chi connectivity index (χ3v) is 9.42. The Bertz CT molecular complexity index is 1150. The van der Waals surface area contributed by atoms with Crippen LogP contribution in [0.15, 0.2) is 37.6 Å². The number of hydrogen-bond acceptors (Lipinski definition) is 9. The van der Waals surface area contributed by atoms with Gasteiger partial charge in [-0.05, 0) is 35.3 Å². The summed E-state index contributed by atoms with van der Waals surface area (Å²) in [4.78, 5) is 0.496. The van der Waals surface area contributed by atoms with Crippen LogP contribution in [-0.4, -0.2) is 41.3 Å². The molecule has 0 bridgehead atoms. The number of nitrogens with zero attached hydrogens (tertiary/aromatic N) is 2. The van der Waals surface area contributed by atoms with E-state index < -0.39 is 27.3 Å². The minimum atomic E-state index is -3.89. The van der Waals surface area contributed by atoms with Gasteiger partial charge in [0.15, 0.2) is 21.5 Å². The highest BCUT2D eigenvalue weighted by atomic mass is 32.2. The van der Waals surface area contributed by atoms with Gasteiger partial charge in [-0.3, -0.25) is 0 Å². The van der Waals surface area contributed by atoms with E-state index in [0.29, 0.717) is 23.0 Å². The summed E-state index contributed by atoms with van der Waals surface area (Å²) >= 11 is -1.16. The first-order valence-electron chi connectivity index (χ1n) is 11.3. The van der Waals surface area contributed by atoms with E-state index in [4.69, 9.17) is 9.56 Å². The summed E-state index contributed by atoms with van der Waals surface area (Å²) in [5.41, 5.74) is 1.43. The first-order chi connectivity index (χ1) is 16.4. The molecule has 35 heavy (non-hydrogen) atoms. The van der Waals surface area contributed by atoms with Crippen molar-refractivity contribution in [1.29, 1.82) is 0 Å². The standard InChI is InChI=1S/C22H35N5O5S3/c1-8-17(18-11-16(12-32-18)13(4)5)24-14(6)21(26-34(23)29)25-19-15(7)33-22(20(19)28)35(30,31)27(9-2)10-3/h11-13,17,24,28H,6,8-10,23H2,1-5,7H3,(H,25,26)/t17-,34?/m1/s1. The molecule has 13 heteroatoms. The normalized spacial score (nSPS) is 14.4. The Labute approximate surface area is 214 Å². The number of anilines is 1. The van der Waals surface area contributed by atoms with E-state index in [-0.39, 0.29) is 40.6 Å². The maximum atomic E-state index is 13.0. The Kier molecular flexibility index (Phi) is 10.2. The van der Waals surface area contributed by atoms with Crippen LogP contribution in [0.1, 0.15) is 69.2 Å². The van der Waals surface area contributed by atoms with Crippen LogP contribution in [0.25, 0.3) is 0 Å². The molecule has 2 rings (SSSR count). The van der Waals surface area contributed by atoms with Crippen molar-refractivity contribution in [2.75, 3.05) is 18.4 Å². The molecular formula is C22H35N5O5S3. The van der Waals surface area contributed by atoms with Crippen LogP contribution >= 0.6 is 11.3 Å². The second kappa shape index (κ2) is 12.3. The molecule has 0 amide bonds. The fourth-order valence-electron chi connectivity index (χ4n) is 3.38. The molecule has 0 saturated heterocycles. The van der Waals surface area contributed by atoms with E-state index >= 15 is 0 Å². The zero-order chi connectivity index (χ0) is 26.5. The SMILES string of the molecule is C=C(N[C@H](CC)c1cc(C(C)C)co1)C(=N[S+](N)[O-])Nc1c(C)sc(S(=O)(=O)N(CC)CC)c1O. The lowest BCUT2D eigenvalue weighted by atomic mass is 10.1. The van der Waals surface area contributed by atoms with E-state index in [1.165, 1.54) is 4.31 Å². The molecule has 0 aromatic carbocycles. The number of nitrogens with two attached hydrogens (primary N) is 1. The van der Waals surface area contributed by atoms with Crippen molar-refractivity contribution in [1.82, 2.24) is 9.62 Å². The molecule has 1 unspecified atom stereocenters. The molecule has 0 fully saturated rings. The van der Waals surface area contributed by atoms with Gasteiger partial charge in [0.2, 0.25) is 5.84 Å². The summed E-state index contributed by atoms with van der Waals surface area (Å²) in [5, 5.41) is 22.3. The van der Waals surface area contributed by atoms with Crippen molar-refractivity contribution < 1.29 is 22.5 Å². The zero-order valence-electron chi connectivity index (χ0n) is 20.9. The predicted molar refractivity (Wildman–Crippen MR) is 142 cm³/mol. The Balaban J connectivity index is 2.37. The van der Waals surface area contributed by atoms with Crippen LogP contribution < -0.4 is 15.8 Å². The molecule has 10 nitrogen and oxygen atoms in total. The van der Waals surface area contributed by atoms with E-state index in [1.54, 1.807) is 27.0 Å². The number of furan rings is 1. The Morgan fingerprint density at radius 1 is 1.37 bits per heavy atom. The minimum absolute atomic E-state index is 0.00269. The number of aromatic hydroxyl groups is 1. The van der Waals surface area contributed by atoms with Crippen molar-refractivity contribution >= 4 is 44.4 Å². The number of sulfonamides is 1. The first kappa shape index (κ1) is 29.2. The van der Waals surface area contributed by atoms with Gasteiger partial charge in [-0.15, -0.1) is 16.5 Å². The molecular weight excluding hydrogens is 510 g/mol. The number of nitrogens with one attached hydrogen (secondary N) is 2. The smallest absolute Gasteiger partial charge is 0.256 e. The quantitative estimate of drug-likeness (QED) is 0.176. The second-order valence-electron chi connectivity index (χ2n) is 8.12. The van der Waals surface area contributed by atoms with Crippen LogP contribution in [0.3, 0.4) is 0 Å². The molecule has 0 radical (unpaired) electrons. The molecule has 196 valence electrons. The maximum Gasteiger partial charge on any atom is 0.256 e. The minimum Gasteiger partial charge on any atom is -0.572 e. The predicted octanol–water partition coefficient (Wildman–Crippen LogP) is 4.11. The number of aryl methyl sites for hydroxylation is 1. The fourth-order valence-corrected chi connectivity index (χ4v) is 6.81. The summed E-state index contributed by atoms with van der Waals surface area (Å²) in [6, 6.07) is 1.70. The lowest BCUT2D eigenvalue weighted by Crippen LogP contribution is -2.30. The zero-order valence-corrected chi connectivity index (χ0v) is 23.4. The van der Waals surface area contributed by atoms with Crippen molar-refractivity contribution in [3.8, 4) is 5.75 Å². The molecule has 0 aliphatic carbocycles. The molecule has 5 N–H and O–H groups in total. The molecule has 0 saturated carbocycles. The topological polar surface area (TPSA) is 156 Å². The molecule has 2 aromatic rings. The number of amidine groups is 1. The van der Waals surface area contributed by atoms with Crippen molar-refractivity contribution in [2.24, 2.45) is 9.54 Å². The van der Waals surface area contributed by atoms with Gasteiger partial charge >= 0.3 is 0 Å². The van der Waals surface area contributed by atoms with Gasteiger partial charge in [0.1, 0.15) is 5.76 Å². The molecule has 0 aliphatic heterocycles. The third-order valence-electron chi connectivity index (χ3n) is 5.42. The summed E-state index contributed by atoms with van der Waals surface area (Å²) < 4.78 is 48.4. The van der Waals surface area contributed by atoms with Crippen LogP contribution in [-0.2, 0) is 21.6 Å². The van der Waals surface area contributed by atoms with E-state index in [1.807, 2.05) is 13.0 Å². The van der Waals surface area contributed by atoms with Crippen molar-refractivity contribution in [2.45, 2.75) is 64.1 Å². The van der Waals surface area contributed by atoms with Gasteiger partial charge in [0.05, 0.1) is 23.7 Å². The van der Waals surface area contributed by atoms with Gasteiger partial charge in [-0.25, -0.2) is 8.42 Å². The van der Waals surface area contributed by atoms with Crippen molar-refractivity contribution in [3.05, 3.63) is 40.8 Å². The Hall–Kier alpha value is -2.03. The molecule has 0 spiro atoms. The Morgan fingerprint density at radius 3 is 2.49 bits per heavy atom. The van der Waals surface area contributed by atoms with E-state index in [9.17, 15) is 18.1 Å². The Morgan fingerprint density at radius 2 is 2.00 bits per heavy atom. The highest BCUT2D eigenvalue weighted by molar-refractivity contribution is 7.91. The number of thiophene rings is 1. The van der Waals surface area contributed by atoms with Crippen LogP contribution in [0.2, 0.25) is 0 Å². The summed E-state index contributed by atoms with van der Waals surface area (Å²) in [6.45, 7) is 15.7. The first-order valence-corrected chi connectivity index (χ1v) is 14.7. The third kappa shape index (κ3) is 6.80. The average molecular weight is 546 g/mol. The molecule has 2 aromatic heterocycles. The van der Waals surface area contributed by atoms with E-state index in [0.717, 1.165) is 16.9 Å². The molecule has 0 aliphatic rings. The highest BCUT2D eigenvalue weighted by Gasteiger charge is 2.31. The monoisotopic (exact) mass is 545 g/mol. The lowest BCUT2D eigenvalue weighted by Gasteiger charge is -2.19. The van der Waals surface area contributed by atoms with Crippen LogP contribution in [0.4, 0.5) is 5.69 Å². The molecule has 2 heterocycles. The highest BCUT2D eigenvalue weighted by Crippen LogP contribution is 2.43. The van der Waals surface area contributed by atoms with Crippen LogP contribution in [0, 0.1) is 6.92 Å².